The molecule has 0 spiro atoms. The number of hydrogen-bond donors (Lipinski definition) is 1. The van der Waals surface area contributed by atoms with Gasteiger partial charge in [0.15, 0.2) is 0 Å². The van der Waals surface area contributed by atoms with Gasteiger partial charge in [-0.05, 0) is 35.7 Å². The number of benzene rings is 1. The van der Waals surface area contributed by atoms with E-state index in [0.717, 1.165) is 27.8 Å². The van der Waals surface area contributed by atoms with Crippen LogP contribution >= 0.6 is 0 Å². The first-order valence-corrected chi connectivity index (χ1v) is 5.59. The zero-order valence-electron chi connectivity index (χ0n) is 11.3. The molecule has 0 aliphatic heterocycles. The van der Waals surface area contributed by atoms with Gasteiger partial charge in [0.25, 0.3) is 0 Å². The topological polar surface area (TPSA) is 64.7 Å². The van der Waals surface area contributed by atoms with E-state index in [1.54, 1.807) is 12.4 Å². The van der Waals surface area contributed by atoms with Crippen LogP contribution in [0.3, 0.4) is 0 Å². The van der Waals surface area contributed by atoms with Crippen molar-refractivity contribution in [2.24, 2.45) is 0 Å². The molecule has 0 atom stereocenters. The summed E-state index contributed by atoms with van der Waals surface area (Å²) in [5.41, 5.74) is 10.5. The van der Waals surface area contributed by atoms with Crippen LogP contribution in [0, 0.1) is 50.6 Å². The van der Waals surface area contributed by atoms with Crippen LogP contribution in [-0.2, 0) is 0 Å². The predicted octanol–water partition coefficient (Wildman–Crippen LogP) is 2.83. The van der Waals surface area contributed by atoms with E-state index in [1.807, 2.05) is 31.2 Å². The molecule has 20 heavy (non-hydrogen) atoms. The van der Waals surface area contributed by atoms with Gasteiger partial charge >= 0.3 is 0 Å². The largest absolute Gasteiger partial charge is 0.399 e. The summed E-state index contributed by atoms with van der Waals surface area (Å²) < 4.78 is 0. The fourth-order valence-corrected chi connectivity index (χ4v) is 1.94. The van der Waals surface area contributed by atoms with E-state index in [0.29, 0.717) is 5.65 Å². The molecule has 0 fully saturated rings. The molecule has 0 aliphatic carbocycles. The van der Waals surface area contributed by atoms with Crippen molar-refractivity contribution in [1.82, 2.24) is 15.0 Å². The van der Waals surface area contributed by atoms with E-state index in [9.17, 15) is 0 Å². The van der Waals surface area contributed by atoms with Crippen LogP contribution in [0.2, 0.25) is 0 Å². The van der Waals surface area contributed by atoms with Crippen LogP contribution in [0.5, 0.6) is 0 Å². The number of fused-ring (bicyclic) bond motifs is 1. The maximum atomic E-state index is 5.83. The molecule has 0 saturated carbocycles. The van der Waals surface area contributed by atoms with E-state index in [4.69, 9.17) is 5.73 Å². The predicted molar refractivity (Wildman–Crippen MR) is 77.2 cm³/mol. The zero-order chi connectivity index (χ0) is 12.5. The van der Waals surface area contributed by atoms with Gasteiger partial charge in [-0.25, -0.2) is 0 Å². The number of aromatic nitrogens is 3. The first-order chi connectivity index (χ1) is 8.74. The molecule has 3 rings (SSSR count). The molecule has 101 valence electrons. The minimum absolute atomic E-state index is 0. The van der Waals surface area contributed by atoms with Crippen LogP contribution in [0.1, 0.15) is 5.56 Å². The minimum atomic E-state index is 0. The SMILES string of the molecule is Cc1ccc(N)cc1-c1cnc2n[c-]ncc2c1.[CH3-].[Np]. The molecule has 2 heterocycles. The van der Waals surface area contributed by atoms with Crippen molar-refractivity contribution in [1.29, 1.82) is 0 Å². The third-order valence-electron chi connectivity index (χ3n) is 2.89. The van der Waals surface area contributed by atoms with Crippen LogP contribution in [0.4, 0.5) is 5.69 Å². The van der Waals surface area contributed by atoms with E-state index < -0.39 is 0 Å². The Hall–Kier alpha value is -1.48. The van der Waals surface area contributed by atoms with Crippen molar-refractivity contribution >= 4 is 16.7 Å². The summed E-state index contributed by atoms with van der Waals surface area (Å²) >= 11 is 0. The van der Waals surface area contributed by atoms with E-state index in [1.165, 1.54) is 0 Å². The van der Waals surface area contributed by atoms with Crippen LogP contribution in [0.25, 0.3) is 22.2 Å². The van der Waals surface area contributed by atoms with Gasteiger partial charge in [-0.2, -0.15) is 0 Å². The van der Waals surface area contributed by atoms with E-state index in [2.05, 4.69) is 21.3 Å². The average Bonchev–Trinajstić information content (AvgIpc) is 2.41. The molecule has 2 N–H and O–H groups in total. The Morgan fingerprint density at radius 2 is 1.95 bits per heavy atom. The molecule has 3 aromatic rings. The number of nitrogens with two attached hydrogens (primary N) is 1. The van der Waals surface area contributed by atoms with Gasteiger partial charge in [0.1, 0.15) is 0 Å². The molecule has 4 nitrogen and oxygen atoms in total. The number of anilines is 1. The smallest absolute Gasteiger partial charge is 0.0479 e. The third-order valence-corrected chi connectivity index (χ3v) is 2.89. The summed E-state index contributed by atoms with van der Waals surface area (Å²) in [7, 11) is 0. The standard InChI is InChI=1S/C14H11N4.CH3.Np/c1-9-2-3-12(15)5-13(9)10-4-11-6-16-8-18-14(11)17-7-10;;/h2-7H,15H2,1H3;1H3;/q2*-1;. The number of aryl methyl sites for hydroxylation is 1. The second-order valence-corrected chi connectivity index (χ2v) is 4.18. The van der Waals surface area contributed by atoms with Crippen LogP contribution in [0.15, 0.2) is 36.7 Å². The number of nitrogens with zero attached hydrogens (tertiary/aromatic N) is 3. The Kier molecular flexibility index (Phi) is 5.64. The normalized spacial score (nSPS) is 9.65. The molecule has 0 saturated heterocycles. The van der Waals surface area contributed by atoms with Gasteiger partial charge in [-0.15, -0.1) is 0 Å². The van der Waals surface area contributed by atoms with Crippen molar-refractivity contribution in [3.8, 4) is 11.1 Å². The summed E-state index contributed by atoms with van der Waals surface area (Å²) in [5, 5.41) is 0.896. The maximum Gasteiger partial charge on any atom is 0.0479 e. The Labute approximate surface area is 141 Å². The van der Waals surface area contributed by atoms with Crippen LogP contribution < -0.4 is 5.73 Å². The monoisotopic (exact) mass is 486 g/mol. The summed E-state index contributed by atoms with van der Waals surface area (Å²) in [6.07, 6.45) is 6.04. The molecule has 2 aromatic heterocycles. The third kappa shape index (κ3) is 3.16. The summed E-state index contributed by atoms with van der Waals surface area (Å²) in [4.78, 5) is 12.2. The number of nitrogen functional groups attached to an aromatic ring is 1. The second kappa shape index (κ2) is 6.80. The Morgan fingerprint density at radius 3 is 2.75 bits per heavy atom. The van der Waals surface area contributed by atoms with Gasteiger partial charge in [-0.3, -0.25) is 0 Å². The van der Waals surface area contributed by atoms with Crippen molar-refractivity contribution < 1.29 is 29.9 Å². The van der Waals surface area contributed by atoms with Gasteiger partial charge in [0.05, 0.1) is 0 Å². The van der Waals surface area contributed by atoms with Gasteiger partial charge in [-0.1, -0.05) is 23.7 Å². The zero-order valence-corrected chi connectivity index (χ0v) is 15.1. The first-order valence-electron chi connectivity index (χ1n) is 5.59. The number of rotatable bonds is 1. The molecule has 0 bridgehead atoms. The van der Waals surface area contributed by atoms with Crippen molar-refractivity contribution in [3.05, 3.63) is 56.0 Å². The van der Waals surface area contributed by atoms with E-state index in [-0.39, 0.29) is 37.4 Å². The van der Waals surface area contributed by atoms with Crippen molar-refractivity contribution in [3.63, 3.8) is 0 Å². The summed E-state index contributed by atoms with van der Waals surface area (Å²) in [5.74, 6) is 0. The molecule has 0 amide bonds. The Morgan fingerprint density at radius 1 is 1.15 bits per heavy atom. The van der Waals surface area contributed by atoms with Crippen molar-refractivity contribution in [2.45, 2.75) is 6.92 Å². The number of pyridine rings is 1. The molecule has 5 heteroatoms. The molecule has 0 unspecified atom stereocenters. The quantitative estimate of drug-likeness (QED) is 0.424. The Bertz CT molecular complexity index is 728. The molecule has 0 aliphatic rings. The van der Waals surface area contributed by atoms with E-state index >= 15 is 0 Å². The first kappa shape index (κ1) is 16.6. The summed E-state index contributed by atoms with van der Waals surface area (Å²) in [6, 6.07) is 7.86. The van der Waals surface area contributed by atoms with Gasteiger partial charge in [0, 0.05) is 53.8 Å². The minimum Gasteiger partial charge on any atom is -0.399 e. The fourth-order valence-electron chi connectivity index (χ4n) is 1.94. The molecular formula is C15H14N4Np-2. The Balaban J connectivity index is 0.000001000. The van der Waals surface area contributed by atoms with Crippen LogP contribution in [-0.4, -0.2) is 15.0 Å². The molecule has 1 radical (unpaired) electrons. The second-order valence-electron chi connectivity index (χ2n) is 4.18. The van der Waals surface area contributed by atoms with Gasteiger partial charge in [0.2, 0.25) is 0 Å². The average molecular weight is 487 g/mol. The maximum absolute atomic E-state index is 5.83. The molecule has 1 aromatic carbocycles. The molecular weight excluding hydrogens is 473 g/mol. The number of hydrogen-bond acceptors (Lipinski definition) is 4. The van der Waals surface area contributed by atoms with Gasteiger partial charge < -0.3 is 28.1 Å². The fraction of sp³-hybridized carbons (Fsp3) is 0.0667. The van der Waals surface area contributed by atoms with Crippen molar-refractivity contribution in [2.75, 3.05) is 5.73 Å². The summed E-state index contributed by atoms with van der Waals surface area (Å²) in [6.45, 7) is 2.05.